The fourth-order valence-electron chi connectivity index (χ4n) is 2.71. The molecule has 6 nitrogen and oxygen atoms in total. The van der Waals surface area contributed by atoms with Crippen molar-refractivity contribution < 1.29 is 19.2 Å². The summed E-state index contributed by atoms with van der Waals surface area (Å²) in [6, 6.07) is 15.3. The molecule has 0 aliphatic heterocycles. The lowest BCUT2D eigenvalue weighted by molar-refractivity contribution is -0.856. The number of quaternary nitrogens is 1. The van der Waals surface area contributed by atoms with Gasteiger partial charge in [0.25, 0.3) is 0 Å². The third kappa shape index (κ3) is 5.21. The van der Waals surface area contributed by atoms with Crippen LogP contribution in [0.3, 0.4) is 0 Å². The number of nitrogens with one attached hydrogen (secondary N) is 1. The summed E-state index contributed by atoms with van der Waals surface area (Å²) in [5, 5.41) is 0.717. The molecule has 1 amide bonds. The summed E-state index contributed by atoms with van der Waals surface area (Å²) in [7, 11) is 5.78. The Hall–Kier alpha value is -2.64. The van der Waals surface area contributed by atoms with Gasteiger partial charge in [0.05, 0.1) is 57.5 Å². The summed E-state index contributed by atoms with van der Waals surface area (Å²) in [6.45, 7) is 1.79. The van der Waals surface area contributed by atoms with Crippen molar-refractivity contribution in [2.75, 3.05) is 45.8 Å². The number of para-hydroxylation sites is 1. The Bertz CT molecular complexity index is 912. The van der Waals surface area contributed by atoms with Crippen LogP contribution in [-0.4, -0.2) is 51.8 Å². The van der Waals surface area contributed by atoms with Crippen LogP contribution in [-0.2, 0) is 4.79 Å². The summed E-state index contributed by atoms with van der Waals surface area (Å²) in [5.41, 5.74) is 0.842. The third-order valence-electron chi connectivity index (χ3n) is 4.28. The van der Waals surface area contributed by atoms with Gasteiger partial charge in [-0.25, -0.2) is 4.98 Å². The minimum Gasteiger partial charge on any atom is -0.497 e. The van der Waals surface area contributed by atoms with E-state index < -0.39 is 0 Å². The molecule has 3 aromatic rings. The number of carbonyl (C=O) groups is 1. The number of likely N-dealkylation sites (N-methyl/N-ethyl adjacent to an activating group) is 1. The molecule has 0 radical (unpaired) electrons. The number of ether oxygens (including phenoxy) is 2. The van der Waals surface area contributed by atoms with Crippen LogP contribution in [0.4, 0.5) is 5.13 Å². The molecular weight excluding hydrogens is 374 g/mol. The quantitative estimate of drug-likeness (QED) is 0.599. The van der Waals surface area contributed by atoms with Crippen LogP contribution >= 0.6 is 11.3 Å². The van der Waals surface area contributed by atoms with Gasteiger partial charge in [0, 0.05) is 6.07 Å². The number of carbonyl (C=O) groups excluding carboxylic acids is 1. The van der Waals surface area contributed by atoms with Crippen LogP contribution in [0.5, 0.6) is 11.5 Å². The van der Waals surface area contributed by atoms with E-state index in [1.165, 1.54) is 16.2 Å². The normalized spacial score (nSPS) is 11.0. The Morgan fingerprint density at radius 3 is 2.64 bits per heavy atom. The smallest absolute Gasteiger partial charge is 0.232 e. The number of fused-ring (bicyclic) bond motifs is 1. The average molecular weight is 401 g/mol. The first-order valence-corrected chi connectivity index (χ1v) is 10.1. The number of rotatable bonds is 9. The van der Waals surface area contributed by atoms with E-state index in [1.54, 1.807) is 12.0 Å². The summed E-state index contributed by atoms with van der Waals surface area (Å²) < 4.78 is 12.0. The molecule has 0 fully saturated rings. The highest BCUT2D eigenvalue weighted by molar-refractivity contribution is 7.22. The second-order valence-electron chi connectivity index (χ2n) is 6.74. The Labute approximate surface area is 169 Å². The van der Waals surface area contributed by atoms with Gasteiger partial charge in [0.2, 0.25) is 5.91 Å². The highest BCUT2D eigenvalue weighted by Crippen LogP contribution is 2.31. The van der Waals surface area contributed by atoms with Crippen molar-refractivity contribution in [2.24, 2.45) is 0 Å². The summed E-state index contributed by atoms with van der Waals surface area (Å²) in [5.74, 6) is 1.55. The SMILES string of the molecule is COc1ccc2sc(N(CC[NH+](C)C)C(=O)CCOc3ccccc3)nc2c1. The van der Waals surface area contributed by atoms with E-state index in [4.69, 9.17) is 9.47 Å². The van der Waals surface area contributed by atoms with E-state index in [2.05, 4.69) is 19.1 Å². The maximum atomic E-state index is 12.9. The van der Waals surface area contributed by atoms with Gasteiger partial charge in [0.15, 0.2) is 5.13 Å². The van der Waals surface area contributed by atoms with E-state index in [0.717, 1.165) is 28.3 Å². The number of anilines is 1. The van der Waals surface area contributed by atoms with Crippen molar-refractivity contribution >= 4 is 32.6 Å². The van der Waals surface area contributed by atoms with Gasteiger partial charge in [-0.05, 0) is 24.3 Å². The third-order valence-corrected chi connectivity index (χ3v) is 5.34. The zero-order valence-corrected chi connectivity index (χ0v) is 17.3. The van der Waals surface area contributed by atoms with Gasteiger partial charge in [-0.15, -0.1) is 0 Å². The number of thiazole rings is 1. The lowest BCUT2D eigenvalue weighted by Gasteiger charge is -2.20. The molecule has 1 aromatic heterocycles. The van der Waals surface area contributed by atoms with E-state index in [-0.39, 0.29) is 5.91 Å². The monoisotopic (exact) mass is 400 g/mol. The van der Waals surface area contributed by atoms with Gasteiger partial charge in [-0.1, -0.05) is 29.5 Å². The molecule has 28 heavy (non-hydrogen) atoms. The summed E-state index contributed by atoms with van der Waals surface area (Å²) in [4.78, 5) is 20.7. The van der Waals surface area contributed by atoms with Crippen LogP contribution in [0.2, 0.25) is 0 Å². The van der Waals surface area contributed by atoms with Gasteiger partial charge >= 0.3 is 0 Å². The van der Waals surface area contributed by atoms with Crippen molar-refractivity contribution in [1.29, 1.82) is 0 Å². The van der Waals surface area contributed by atoms with Crippen molar-refractivity contribution in [2.45, 2.75) is 6.42 Å². The van der Waals surface area contributed by atoms with Crippen molar-refractivity contribution in [3.05, 3.63) is 48.5 Å². The molecule has 0 unspecified atom stereocenters. The van der Waals surface area contributed by atoms with Crippen LogP contribution in [0.1, 0.15) is 6.42 Å². The first kappa shape index (κ1) is 20.1. The van der Waals surface area contributed by atoms with Crippen LogP contribution < -0.4 is 19.3 Å². The van der Waals surface area contributed by atoms with E-state index >= 15 is 0 Å². The van der Waals surface area contributed by atoms with Crippen molar-refractivity contribution in [3.8, 4) is 11.5 Å². The molecule has 1 heterocycles. The fraction of sp³-hybridized carbons (Fsp3) is 0.333. The molecule has 148 valence electrons. The Morgan fingerprint density at radius 2 is 1.93 bits per heavy atom. The largest absolute Gasteiger partial charge is 0.497 e. The maximum absolute atomic E-state index is 12.9. The molecule has 0 aliphatic carbocycles. The van der Waals surface area contributed by atoms with Crippen LogP contribution in [0.15, 0.2) is 48.5 Å². The molecular formula is C21H26N3O3S+. The lowest BCUT2D eigenvalue weighted by Crippen LogP contribution is -3.06. The second-order valence-corrected chi connectivity index (χ2v) is 7.75. The summed E-state index contributed by atoms with van der Waals surface area (Å²) in [6.07, 6.45) is 0.302. The molecule has 0 aliphatic rings. The lowest BCUT2D eigenvalue weighted by atomic mass is 10.3. The van der Waals surface area contributed by atoms with E-state index in [9.17, 15) is 4.79 Å². The highest BCUT2D eigenvalue weighted by Gasteiger charge is 2.21. The van der Waals surface area contributed by atoms with Crippen LogP contribution in [0.25, 0.3) is 10.2 Å². The Morgan fingerprint density at radius 1 is 1.14 bits per heavy atom. The fourth-order valence-corrected chi connectivity index (χ4v) is 3.70. The Kier molecular flexibility index (Phi) is 6.84. The minimum absolute atomic E-state index is 0.0169. The second kappa shape index (κ2) is 9.52. The van der Waals surface area contributed by atoms with E-state index in [1.807, 2.05) is 48.5 Å². The van der Waals surface area contributed by atoms with Gasteiger partial charge in [-0.3, -0.25) is 9.69 Å². The highest BCUT2D eigenvalue weighted by atomic mass is 32.1. The zero-order valence-electron chi connectivity index (χ0n) is 16.5. The molecule has 7 heteroatoms. The number of benzene rings is 2. The number of hydrogen-bond donors (Lipinski definition) is 1. The van der Waals surface area contributed by atoms with Gasteiger partial charge in [-0.2, -0.15) is 0 Å². The molecule has 0 spiro atoms. The first-order valence-electron chi connectivity index (χ1n) is 9.28. The molecule has 0 bridgehead atoms. The number of methoxy groups -OCH3 is 1. The average Bonchev–Trinajstić information content (AvgIpc) is 3.11. The topological polar surface area (TPSA) is 56.1 Å². The van der Waals surface area contributed by atoms with E-state index in [0.29, 0.717) is 24.7 Å². The zero-order chi connectivity index (χ0) is 19.9. The predicted molar refractivity (Wildman–Crippen MR) is 113 cm³/mol. The predicted octanol–water partition coefficient (Wildman–Crippen LogP) is 2.25. The number of hydrogen-bond acceptors (Lipinski definition) is 5. The van der Waals surface area contributed by atoms with Gasteiger partial charge < -0.3 is 14.4 Å². The minimum atomic E-state index is 0.0169. The number of aromatic nitrogens is 1. The Balaban J connectivity index is 1.73. The van der Waals surface area contributed by atoms with Crippen molar-refractivity contribution in [1.82, 2.24) is 4.98 Å². The van der Waals surface area contributed by atoms with Crippen LogP contribution in [0, 0.1) is 0 Å². The first-order chi connectivity index (χ1) is 13.6. The number of amides is 1. The molecule has 0 atom stereocenters. The maximum Gasteiger partial charge on any atom is 0.232 e. The number of nitrogens with zero attached hydrogens (tertiary/aromatic N) is 2. The molecule has 0 saturated heterocycles. The summed E-state index contributed by atoms with van der Waals surface area (Å²) >= 11 is 1.52. The van der Waals surface area contributed by atoms with Gasteiger partial charge in [0.1, 0.15) is 11.5 Å². The molecule has 1 N–H and O–H groups in total. The standard InChI is InChI=1S/C21H25N3O3S/c1-23(2)12-13-24(20(25)11-14-27-16-7-5-4-6-8-16)21-22-18-15-17(26-3)9-10-19(18)28-21/h4-10,15H,11-14H2,1-3H3/p+1. The molecule has 2 aromatic carbocycles. The van der Waals surface area contributed by atoms with Crippen molar-refractivity contribution in [3.63, 3.8) is 0 Å². The molecule has 0 saturated carbocycles. The molecule has 3 rings (SSSR count).